The van der Waals surface area contributed by atoms with E-state index in [-0.39, 0.29) is 13.2 Å². The van der Waals surface area contributed by atoms with Crippen molar-refractivity contribution in [2.24, 2.45) is 0 Å². The summed E-state index contributed by atoms with van der Waals surface area (Å²) in [6.07, 6.45) is 0. The highest BCUT2D eigenvalue weighted by atomic mass is 16.5. The van der Waals surface area contributed by atoms with Gasteiger partial charge < -0.3 is 24.4 Å². The lowest BCUT2D eigenvalue weighted by molar-refractivity contribution is 0.0727. The molecule has 6 rings (SSSR count). The van der Waals surface area contributed by atoms with Gasteiger partial charge in [0.1, 0.15) is 24.6 Å². The summed E-state index contributed by atoms with van der Waals surface area (Å²) in [6, 6.07) is 33.3. The van der Waals surface area contributed by atoms with Crippen LogP contribution < -0.4 is 10.6 Å². The number of aryl methyl sites for hydroxylation is 4. The number of ether oxygens (including phenoxy) is 1. The third-order valence-electron chi connectivity index (χ3n) is 7.93. The van der Waals surface area contributed by atoms with Crippen LogP contribution in [0.15, 0.2) is 106 Å². The van der Waals surface area contributed by atoms with E-state index in [1.807, 2.05) is 36.4 Å². The molecule has 228 valence electrons. The lowest BCUT2D eigenvalue weighted by Gasteiger charge is -2.10. The molecule has 2 heterocycles. The third kappa shape index (κ3) is 7.69. The van der Waals surface area contributed by atoms with Crippen LogP contribution in [0.3, 0.4) is 0 Å². The summed E-state index contributed by atoms with van der Waals surface area (Å²) in [5.41, 5.74) is 13.3. The van der Waals surface area contributed by atoms with E-state index in [0.29, 0.717) is 11.5 Å². The van der Waals surface area contributed by atoms with Crippen molar-refractivity contribution < 1.29 is 13.8 Å². The molecule has 0 spiro atoms. The van der Waals surface area contributed by atoms with Crippen LogP contribution in [-0.2, 0) is 31.0 Å². The Balaban J connectivity index is 0.964. The van der Waals surface area contributed by atoms with Crippen molar-refractivity contribution in [2.45, 2.75) is 54.0 Å². The fraction of sp³-hybridized carbons (Fsp3) is 0.211. The van der Waals surface area contributed by atoms with Crippen molar-refractivity contribution >= 4 is 11.4 Å². The van der Waals surface area contributed by atoms with Crippen LogP contribution in [0.5, 0.6) is 0 Å². The molecule has 6 aromatic rings. The lowest BCUT2D eigenvalue weighted by atomic mass is 10.1. The molecule has 0 bridgehead atoms. The smallest absolute Gasteiger partial charge is 0.163 e. The van der Waals surface area contributed by atoms with Crippen LogP contribution in [0.1, 0.15) is 44.9 Å². The van der Waals surface area contributed by atoms with Gasteiger partial charge in [-0.05, 0) is 74.2 Å². The molecule has 0 amide bonds. The first kappa shape index (κ1) is 29.9. The molecule has 2 aromatic heterocycles. The normalized spacial score (nSPS) is 11.1. The molecular weight excluding hydrogens is 560 g/mol. The molecular formula is C38H38N4O3. The highest BCUT2D eigenvalue weighted by Crippen LogP contribution is 2.25. The summed E-state index contributed by atoms with van der Waals surface area (Å²) >= 11 is 0. The second-order valence-electron chi connectivity index (χ2n) is 11.6. The van der Waals surface area contributed by atoms with Crippen molar-refractivity contribution in [2.75, 3.05) is 10.6 Å². The number of aromatic nitrogens is 2. The number of rotatable bonds is 12. The maximum Gasteiger partial charge on any atom is 0.163 e. The molecule has 7 nitrogen and oxygen atoms in total. The number of benzene rings is 4. The van der Waals surface area contributed by atoms with Crippen LogP contribution >= 0.6 is 0 Å². The molecule has 0 aliphatic heterocycles. The van der Waals surface area contributed by atoms with Gasteiger partial charge in [-0.1, -0.05) is 82.1 Å². The second-order valence-corrected chi connectivity index (χ2v) is 11.6. The predicted octanol–water partition coefficient (Wildman–Crippen LogP) is 9.17. The molecule has 4 aromatic carbocycles. The number of nitrogens with one attached hydrogen (secondary N) is 2. The zero-order chi connectivity index (χ0) is 31.2. The largest absolute Gasteiger partial charge is 0.381 e. The molecule has 45 heavy (non-hydrogen) atoms. The van der Waals surface area contributed by atoms with E-state index in [4.69, 9.17) is 13.8 Å². The molecule has 0 unspecified atom stereocenters. The van der Waals surface area contributed by atoms with Crippen molar-refractivity contribution in [3.05, 3.63) is 142 Å². The Morgan fingerprint density at radius 1 is 0.533 bits per heavy atom. The standard InChI is InChI=1S/C38H38N4O3/c1-25-5-7-31(27(3)17-25)21-39-33-13-9-29(10-14-33)37-19-35(44-41-37)23-43-24-36-20-38(42-45-36)30-11-15-34(16-12-30)40-22-32-8-6-26(2)18-28(32)4/h5-20,39-40H,21-24H2,1-4H3. The maximum atomic E-state index is 5.84. The third-order valence-corrected chi connectivity index (χ3v) is 7.93. The Morgan fingerprint density at radius 3 is 1.36 bits per heavy atom. The number of hydrogen-bond donors (Lipinski definition) is 2. The Bertz CT molecular complexity index is 1730. The average Bonchev–Trinajstić information content (AvgIpc) is 3.71. The second kappa shape index (κ2) is 13.7. The van der Waals surface area contributed by atoms with E-state index in [0.717, 1.165) is 47.0 Å². The Labute approximate surface area is 264 Å². The van der Waals surface area contributed by atoms with E-state index in [1.165, 1.54) is 33.4 Å². The Kier molecular flexibility index (Phi) is 9.08. The van der Waals surface area contributed by atoms with Gasteiger partial charge in [-0.25, -0.2) is 0 Å². The van der Waals surface area contributed by atoms with E-state index >= 15 is 0 Å². The minimum atomic E-state index is 0.277. The summed E-state index contributed by atoms with van der Waals surface area (Å²) < 4.78 is 16.9. The minimum absolute atomic E-state index is 0.277. The molecule has 0 fully saturated rings. The monoisotopic (exact) mass is 598 g/mol. The van der Waals surface area contributed by atoms with E-state index < -0.39 is 0 Å². The van der Waals surface area contributed by atoms with Gasteiger partial charge in [0, 0.05) is 47.7 Å². The van der Waals surface area contributed by atoms with Crippen LogP contribution in [0.2, 0.25) is 0 Å². The maximum absolute atomic E-state index is 5.84. The number of anilines is 2. The molecule has 2 N–H and O–H groups in total. The van der Waals surface area contributed by atoms with Crippen LogP contribution in [-0.4, -0.2) is 10.3 Å². The Morgan fingerprint density at radius 2 is 0.956 bits per heavy atom. The van der Waals surface area contributed by atoms with Gasteiger partial charge in [0.15, 0.2) is 11.5 Å². The van der Waals surface area contributed by atoms with Gasteiger partial charge in [-0.2, -0.15) is 0 Å². The predicted molar refractivity (Wildman–Crippen MR) is 179 cm³/mol. The Hall–Kier alpha value is -5.14. The molecule has 0 aliphatic rings. The van der Waals surface area contributed by atoms with Gasteiger partial charge in [-0.15, -0.1) is 0 Å². The molecule has 0 saturated carbocycles. The first-order valence-corrected chi connectivity index (χ1v) is 15.2. The summed E-state index contributed by atoms with van der Waals surface area (Å²) in [6.45, 7) is 10.6. The number of nitrogens with zero attached hydrogens (tertiary/aromatic N) is 2. The zero-order valence-electron chi connectivity index (χ0n) is 26.2. The van der Waals surface area contributed by atoms with Crippen LogP contribution in [0.4, 0.5) is 11.4 Å². The van der Waals surface area contributed by atoms with Gasteiger partial charge in [0.25, 0.3) is 0 Å². The van der Waals surface area contributed by atoms with E-state index in [9.17, 15) is 0 Å². The lowest BCUT2D eigenvalue weighted by Crippen LogP contribution is -2.01. The first-order chi connectivity index (χ1) is 21.9. The quantitative estimate of drug-likeness (QED) is 0.145. The molecule has 7 heteroatoms. The van der Waals surface area contributed by atoms with Crippen molar-refractivity contribution in [3.8, 4) is 22.5 Å². The van der Waals surface area contributed by atoms with Crippen LogP contribution in [0.25, 0.3) is 22.5 Å². The SMILES string of the molecule is Cc1ccc(CNc2ccc(-c3cc(COCc4cc(-c5ccc(NCc6ccc(C)cc6C)cc5)no4)on3)cc2)c(C)c1. The zero-order valence-corrected chi connectivity index (χ0v) is 26.2. The number of hydrogen-bond acceptors (Lipinski definition) is 7. The average molecular weight is 599 g/mol. The fourth-order valence-electron chi connectivity index (χ4n) is 5.29. The fourth-order valence-corrected chi connectivity index (χ4v) is 5.29. The van der Waals surface area contributed by atoms with Crippen LogP contribution in [0, 0.1) is 27.7 Å². The summed E-state index contributed by atoms with van der Waals surface area (Å²) in [4.78, 5) is 0. The summed E-state index contributed by atoms with van der Waals surface area (Å²) in [5, 5.41) is 15.4. The van der Waals surface area contributed by atoms with Crippen molar-refractivity contribution in [1.82, 2.24) is 10.3 Å². The highest BCUT2D eigenvalue weighted by Gasteiger charge is 2.11. The highest BCUT2D eigenvalue weighted by molar-refractivity contribution is 5.63. The summed E-state index contributed by atoms with van der Waals surface area (Å²) in [5.74, 6) is 1.29. The van der Waals surface area contributed by atoms with E-state index in [2.05, 4.69) is 109 Å². The van der Waals surface area contributed by atoms with Gasteiger partial charge in [-0.3, -0.25) is 0 Å². The first-order valence-electron chi connectivity index (χ1n) is 15.2. The van der Waals surface area contributed by atoms with E-state index in [1.54, 1.807) is 0 Å². The van der Waals surface area contributed by atoms with Gasteiger partial charge in [0.2, 0.25) is 0 Å². The summed E-state index contributed by atoms with van der Waals surface area (Å²) in [7, 11) is 0. The molecule has 0 radical (unpaired) electrons. The molecule has 0 saturated heterocycles. The minimum Gasteiger partial charge on any atom is -0.381 e. The molecule has 0 atom stereocenters. The van der Waals surface area contributed by atoms with Crippen molar-refractivity contribution in [3.63, 3.8) is 0 Å². The molecule has 0 aliphatic carbocycles. The van der Waals surface area contributed by atoms with Gasteiger partial charge in [0.05, 0.1) is 0 Å². The van der Waals surface area contributed by atoms with Gasteiger partial charge >= 0.3 is 0 Å². The van der Waals surface area contributed by atoms with Crippen molar-refractivity contribution in [1.29, 1.82) is 0 Å². The topological polar surface area (TPSA) is 85.4 Å².